The summed E-state index contributed by atoms with van der Waals surface area (Å²) in [5, 5.41) is 0.453. The largest absolute Gasteiger partial charge is 0.479 e. The molecular formula is C20H23ClN2O4S. The van der Waals surface area contributed by atoms with E-state index in [-0.39, 0.29) is 10.8 Å². The lowest BCUT2D eigenvalue weighted by molar-refractivity contribution is -0.125. The quantitative estimate of drug-likeness (QED) is 0.716. The minimum absolute atomic E-state index is 0.163. The fourth-order valence-electron chi connectivity index (χ4n) is 3.15. The molecule has 0 spiro atoms. The molecule has 0 fully saturated rings. The summed E-state index contributed by atoms with van der Waals surface area (Å²) in [6, 6.07) is 11.9. The highest BCUT2D eigenvalue weighted by molar-refractivity contribution is 7.89. The molecule has 1 aliphatic rings. The van der Waals surface area contributed by atoms with E-state index in [0.29, 0.717) is 30.2 Å². The molecule has 0 bridgehead atoms. The van der Waals surface area contributed by atoms with Crippen LogP contribution >= 0.6 is 11.6 Å². The minimum atomic E-state index is -3.51. The molecule has 0 aromatic heterocycles. The normalized spacial score (nSPS) is 14.8. The van der Waals surface area contributed by atoms with Crippen molar-refractivity contribution in [2.75, 3.05) is 25.5 Å². The molecule has 8 heteroatoms. The van der Waals surface area contributed by atoms with Crippen LogP contribution in [0, 0.1) is 0 Å². The standard InChI is InChI=1S/C20H23ClN2O4S/c1-4-18(27-19-8-6-5-7-16(19)21)20(24)23-12-11-14-13-15(9-10-17(14)23)28(25,26)22(2)3/h5-10,13,18H,4,11-12H2,1-3H3/t18-/m0/s1. The first-order valence-corrected chi connectivity index (χ1v) is 10.9. The molecule has 0 saturated carbocycles. The van der Waals surface area contributed by atoms with Gasteiger partial charge in [-0.05, 0) is 48.7 Å². The van der Waals surface area contributed by atoms with Gasteiger partial charge >= 0.3 is 0 Å². The van der Waals surface area contributed by atoms with Crippen molar-refractivity contribution in [1.29, 1.82) is 0 Å². The number of hydrogen-bond acceptors (Lipinski definition) is 4. The Labute approximate surface area is 170 Å². The molecule has 150 valence electrons. The molecule has 3 rings (SSSR count). The van der Waals surface area contributed by atoms with Crippen LogP contribution in [-0.4, -0.2) is 45.4 Å². The third kappa shape index (κ3) is 3.87. The van der Waals surface area contributed by atoms with E-state index in [1.165, 1.54) is 24.5 Å². The SMILES string of the molecule is CC[C@H](Oc1ccccc1Cl)C(=O)N1CCc2cc(S(=O)(=O)N(C)C)ccc21. The summed E-state index contributed by atoms with van der Waals surface area (Å²) in [5.41, 5.74) is 1.56. The molecule has 2 aromatic rings. The lowest BCUT2D eigenvalue weighted by atomic mass is 10.1. The van der Waals surface area contributed by atoms with E-state index >= 15 is 0 Å². The van der Waals surface area contributed by atoms with Gasteiger partial charge in [0.2, 0.25) is 10.0 Å². The monoisotopic (exact) mass is 422 g/mol. The predicted octanol–water partition coefficient (Wildman–Crippen LogP) is 3.34. The van der Waals surface area contributed by atoms with Gasteiger partial charge in [0.15, 0.2) is 6.10 Å². The number of carbonyl (C=O) groups excluding carboxylic acids is 1. The van der Waals surface area contributed by atoms with E-state index in [1.807, 2.05) is 6.92 Å². The van der Waals surface area contributed by atoms with E-state index in [2.05, 4.69) is 0 Å². The molecule has 28 heavy (non-hydrogen) atoms. The molecule has 1 atom stereocenters. The number of ether oxygens (including phenoxy) is 1. The number of nitrogens with zero attached hydrogens (tertiary/aromatic N) is 2. The van der Waals surface area contributed by atoms with Crippen LogP contribution < -0.4 is 9.64 Å². The van der Waals surface area contributed by atoms with E-state index in [1.54, 1.807) is 41.3 Å². The highest BCUT2D eigenvalue weighted by Gasteiger charge is 2.32. The molecule has 2 aromatic carbocycles. The van der Waals surface area contributed by atoms with Crippen LogP contribution in [0.3, 0.4) is 0 Å². The summed E-state index contributed by atoms with van der Waals surface area (Å²) in [4.78, 5) is 15.0. The maximum Gasteiger partial charge on any atom is 0.268 e. The Morgan fingerprint density at radius 3 is 2.61 bits per heavy atom. The fraction of sp³-hybridized carbons (Fsp3) is 0.350. The predicted molar refractivity (Wildman–Crippen MR) is 110 cm³/mol. The van der Waals surface area contributed by atoms with Crippen LogP contribution in [0.1, 0.15) is 18.9 Å². The fourth-order valence-corrected chi connectivity index (χ4v) is 4.29. The number of amides is 1. The third-order valence-electron chi connectivity index (χ3n) is 4.74. The number of benzene rings is 2. The molecule has 1 heterocycles. The van der Waals surface area contributed by atoms with Crippen molar-refractivity contribution < 1.29 is 17.9 Å². The van der Waals surface area contributed by atoms with E-state index in [0.717, 1.165) is 11.3 Å². The maximum atomic E-state index is 13.1. The average molecular weight is 423 g/mol. The third-order valence-corrected chi connectivity index (χ3v) is 6.87. The zero-order chi connectivity index (χ0) is 20.5. The van der Waals surface area contributed by atoms with Crippen LogP contribution in [0.25, 0.3) is 0 Å². The van der Waals surface area contributed by atoms with Gasteiger partial charge in [-0.3, -0.25) is 4.79 Å². The van der Waals surface area contributed by atoms with Crippen LogP contribution in [0.2, 0.25) is 5.02 Å². The van der Waals surface area contributed by atoms with Crippen LogP contribution in [-0.2, 0) is 21.2 Å². The zero-order valence-electron chi connectivity index (χ0n) is 16.1. The van der Waals surface area contributed by atoms with Crippen molar-refractivity contribution in [2.45, 2.75) is 30.8 Å². The highest BCUT2D eigenvalue weighted by atomic mass is 35.5. The number of halogens is 1. The Bertz CT molecular complexity index is 991. The van der Waals surface area contributed by atoms with Crippen molar-refractivity contribution in [3.05, 3.63) is 53.1 Å². The smallest absolute Gasteiger partial charge is 0.268 e. The summed E-state index contributed by atoms with van der Waals surface area (Å²) >= 11 is 6.15. The summed E-state index contributed by atoms with van der Waals surface area (Å²) in [7, 11) is -0.519. The number of rotatable bonds is 6. The Kier molecular flexibility index (Phi) is 5.98. The van der Waals surface area contributed by atoms with Crippen molar-refractivity contribution >= 4 is 33.2 Å². The lowest BCUT2D eigenvalue weighted by Crippen LogP contribution is -2.41. The average Bonchev–Trinajstić information content (AvgIpc) is 3.10. The maximum absolute atomic E-state index is 13.1. The van der Waals surface area contributed by atoms with Gasteiger partial charge in [0.05, 0.1) is 9.92 Å². The number of fused-ring (bicyclic) bond motifs is 1. The molecule has 0 unspecified atom stereocenters. The molecule has 1 aliphatic heterocycles. The van der Waals surface area contributed by atoms with Crippen molar-refractivity contribution in [1.82, 2.24) is 4.31 Å². The second kappa shape index (κ2) is 8.11. The molecule has 1 amide bonds. The zero-order valence-corrected chi connectivity index (χ0v) is 17.6. The van der Waals surface area contributed by atoms with Gasteiger partial charge in [0.1, 0.15) is 5.75 Å². The van der Waals surface area contributed by atoms with Gasteiger partial charge in [-0.2, -0.15) is 0 Å². The van der Waals surface area contributed by atoms with Crippen LogP contribution in [0.4, 0.5) is 5.69 Å². The van der Waals surface area contributed by atoms with Gasteiger partial charge in [-0.15, -0.1) is 0 Å². The lowest BCUT2D eigenvalue weighted by Gasteiger charge is -2.24. The van der Waals surface area contributed by atoms with E-state index < -0.39 is 16.1 Å². The topological polar surface area (TPSA) is 66.9 Å². The molecule has 0 aliphatic carbocycles. The molecule has 6 nitrogen and oxygen atoms in total. The summed E-state index contributed by atoms with van der Waals surface area (Å²) in [6.45, 7) is 2.37. The molecule has 0 radical (unpaired) electrons. The van der Waals surface area contributed by atoms with Crippen molar-refractivity contribution in [3.8, 4) is 5.75 Å². The number of hydrogen-bond donors (Lipinski definition) is 0. The van der Waals surface area contributed by atoms with Gasteiger partial charge in [0.25, 0.3) is 5.91 Å². The Morgan fingerprint density at radius 1 is 1.25 bits per heavy atom. The Morgan fingerprint density at radius 2 is 1.96 bits per heavy atom. The summed E-state index contributed by atoms with van der Waals surface area (Å²) in [5.74, 6) is 0.306. The first-order chi connectivity index (χ1) is 13.3. The van der Waals surface area contributed by atoms with E-state index in [9.17, 15) is 13.2 Å². The number of anilines is 1. The molecule has 0 N–H and O–H groups in total. The van der Waals surface area contributed by atoms with Gasteiger partial charge < -0.3 is 9.64 Å². The van der Waals surface area contributed by atoms with Crippen molar-refractivity contribution in [2.24, 2.45) is 0 Å². The van der Waals surface area contributed by atoms with Gasteiger partial charge in [-0.25, -0.2) is 12.7 Å². The van der Waals surface area contributed by atoms with E-state index in [4.69, 9.17) is 16.3 Å². The Hall–Kier alpha value is -2.09. The van der Waals surface area contributed by atoms with Crippen LogP contribution in [0.5, 0.6) is 5.75 Å². The molecular weight excluding hydrogens is 400 g/mol. The second-order valence-corrected chi connectivity index (χ2v) is 9.32. The van der Waals surface area contributed by atoms with Gasteiger partial charge in [0, 0.05) is 26.3 Å². The van der Waals surface area contributed by atoms with Crippen molar-refractivity contribution in [3.63, 3.8) is 0 Å². The first kappa shape index (κ1) is 20.6. The Balaban J connectivity index is 1.84. The van der Waals surface area contributed by atoms with Gasteiger partial charge in [-0.1, -0.05) is 30.7 Å². The molecule has 0 saturated heterocycles. The second-order valence-electron chi connectivity index (χ2n) is 6.76. The summed E-state index contributed by atoms with van der Waals surface area (Å²) < 4.78 is 31.7. The first-order valence-electron chi connectivity index (χ1n) is 9.03. The number of sulfonamides is 1. The summed E-state index contributed by atoms with van der Waals surface area (Å²) in [6.07, 6.45) is 0.416. The minimum Gasteiger partial charge on any atom is -0.479 e. The number of para-hydroxylation sites is 1. The van der Waals surface area contributed by atoms with Crippen LogP contribution in [0.15, 0.2) is 47.4 Å². The highest BCUT2D eigenvalue weighted by Crippen LogP contribution is 2.32. The number of carbonyl (C=O) groups is 1.